The molecule has 0 saturated heterocycles. The minimum atomic E-state index is 0.763. The van der Waals surface area contributed by atoms with Gasteiger partial charge in [0, 0.05) is 6.54 Å². The molecule has 0 bridgehead atoms. The summed E-state index contributed by atoms with van der Waals surface area (Å²) >= 11 is 6.17. The van der Waals surface area contributed by atoms with E-state index in [1.54, 1.807) is 0 Å². The minimum Gasteiger partial charge on any atom is -0.313 e. The van der Waals surface area contributed by atoms with Gasteiger partial charge in [-0.05, 0) is 31.5 Å². The van der Waals surface area contributed by atoms with E-state index in [-0.39, 0.29) is 0 Å². The van der Waals surface area contributed by atoms with Crippen molar-refractivity contribution in [3.63, 3.8) is 0 Å². The van der Waals surface area contributed by atoms with Crippen LogP contribution >= 0.6 is 11.6 Å². The molecular formula is C15H20ClN3. The summed E-state index contributed by atoms with van der Waals surface area (Å²) in [5.74, 6) is 0. The Balaban J connectivity index is 2.16. The summed E-state index contributed by atoms with van der Waals surface area (Å²) < 4.78 is 1.96. The van der Waals surface area contributed by atoms with Gasteiger partial charge in [0.05, 0.1) is 23.0 Å². The lowest BCUT2D eigenvalue weighted by atomic mass is 10.1. The first-order valence-corrected chi connectivity index (χ1v) is 6.97. The first kappa shape index (κ1) is 14.1. The molecule has 0 spiro atoms. The van der Waals surface area contributed by atoms with Gasteiger partial charge in [0.2, 0.25) is 0 Å². The first-order chi connectivity index (χ1) is 9.11. The average molecular weight is 278 g/mol. The van der Waals surface area contributed by atoms with Crippen LogP contribution in [0.2, 0.25) is 5.02 Å². The molecule has 19 heavy (non-hydrogen) atoms. The fourth-order valence-corrected chi connectivity index (χ4v) is 2.24. The van der Waals surface area contributed by atoms with E-state index in [0.717, 1.165) is 36.0 Å². The lowest BCUT2D eigenvalue weighted by Crippen LogP contribution is -2.12. The smallest absolute Gasteiger partial charge is 0.0844 e. The van der Waals surface area contributed by atoms with Crippen LogP contribution in [0.3, 0.4) is 0 Å². The zero-order valence-corrected chi connectivity index (χ0v) is 12.5. The summed E-state index contributed by atoms with van der Waals surface area (Å²) in [6.45, 7) is 8.71. The van der Waals surface area contributed by atoms with Crippen molar-refractivity contribution in [2.45, 2.75) is 33.9 Å². The second-order valence-electron chi connectivity index (χ2n) is 4.74. The van der Waals surface area contributed by atoms with E-state index >= 15 is 0 Å². The third-order valence-electron chi connectivity index (χ3n) is 3.20. The van der Waals surface area contributed by atoms with Crippen LogP contribution in [0.25, 0.3) is 0 Å². The highest BCUT2D eigenvalue weighted by Gasteiger charge is 2.09. The molecule has 0 aliphatic heterocycles. The Kier molecular flexibility index (Phi) is 4.61. The second-order valence-corrected chi connectivity index (χ2v) is 5.12. The van der Waals surface area contributed by atoms with Crippen LogP contribution in [0.1, 0.15) is 29.4 Å². The lowest BCUT2D eigenvalue weighted by Gasteiger charge is -2.07. The number of aryl methyl sites for hydroxylation is 1. The normalized spacial score (nSPS) is 10.9. The molecular weight excluding hydrogens is 258 g/mol. The number of hydrogen-bond donors (Lipinski definition) is 1. The molecule has 0 saturated carbocycles. The molecule has 0 aliphatic rings. The molecule has 0 aliphatic carbocycles. The van der Waals surface area contributed by atoms with Gasteiger partial charge in [0.1, 0.15) is 0 Å². The van der Waals surface area contributed by atoms with Crippen molar-refractivity contribution in [3.05, 3.63) is 51.8 Å². The Bertz CT molecular complexity index is 561. The molecule has 0 unspecified atom stereocenters. The maximum Gasteiger partial charge on any atom is 0.0844 e. The second kappa shape index (κ2) is 6.22. The molecule has 0 amide bonds. The van der Waals surface area contributed by atoms with Crippen molar-refractivity contribution in [3.8, 4) is 0 Å². The number of nitrogens with zero attached hydrogens (tertiary/aromatic N) is 2. The van der Waals surface area contributed by atoms with Crippen LogP contribution in [0.4, 0.5) is 0 Å². The van der Waals surface area contributed by atoms with Crippen molar-refractivity contribution in [1.82, 2.24) is 15.1 Å². The summed E-state index contributed by atoms with van der Waals surface area (Å²) in [6, 6.07) is 8.57. The van der Waals surface area contributed by atoms with E-state index in [1.807, 2.05) is 18.5 Å². The van der Waals surface area contributed by atoms with Crippen molar-refractivity contribution in [2.24, 2.45) is 0 Å². The Labute approximate surface area is 119 Å². The molecule has 102 valence electrons. The Morgan fingerprint density at radius 2 is 2.00 bits per heavy atom. The summed E-state index contributed by atoms with van der Waals surface area (Å²) in [4.78, 5) is 0. The molecule has 0 fully saturated rings. The van der Waals surface area contributed by atoms with Gasteiger partial charge in [-0.15, -0.1) is 0 Å². The summed E-state index contributed by atoms with van der Waals surface area (Å²) in [6.07, 6.45) is 0. The van der Waals surface area contributed by atoms with Gasteiger partial charge in [0.25, 0.3) is 0 Å². The number of nitrogens with one attached hydrogen (secondary N) is 1. The number of halogens is 1. The average Bonchev–Trinajstić information content (AvgIpc) is 2.64. The molecule has 4 heteroatoms. The Hall–Kier alpha value is -1.32. The molecule has 2 aromatic rings. The molecule has 3 nitrogen and oxygen atoms in total. The van der Waals surface area contributed by atoms with E-state index < -0.39 is 0 Å². The SMILES string of the molecule is CCNCc1cccc(Cn2nc(C)c(Cl)c2C)c1. The molecule has 1 aromatic heterocycles. The predicted octanol–water partition coefficient (Wildman–Crippen LogP) is 3.31. The van der Waals surface area contributed by atoms with Gasteiger partial charge in [-0.1, -0.05) is 42.8 Å². The number of rotatable bonds is 5. The van der Waals surface area contributed by atoms with Crippen LogP contribution in [0, 0.1) is 13.8 Å². The van der Waals surface area contributed by atoms with Gasteiger partial charge >= 0.3 is 0 Å². The number of hydrogen-bond acceptors (Lipinski definition) is 2. The van der Waals surface area contributed by atoms with Crippen LogP contribution in [-0.2, 0) is 13.1 Å². The third-order valence-corrected chi connectivity index (χ3v) is 3.74. The highest BCUT2D eigenvalue weighted by molar-refractivity contribution is 6.31. The van der Waals surface area contributed by atoms with Crippen molar-refractivity contribution >= 4 is 11.6 Å². The topological polar surface area (TPSA) is 29.9 Å². The van der Waals surface area contributed by atoms with Crippen LogP contribution in [0.5, 0.6) is 0 Å². The molecule has 0 radical (unpaired) electrons. The van der Waals surface area contributed by atoms with E-state index in [4.69, 9.17) is 11.6 Å². The minimum absolute atomic E-state index is 0.763. The molecule has 1 N–H and O–H groups in total. The molecule has 1 aromatic carbocycles. The number of benzene rings is 1. The monoisotopic (exact) mass is 277 g/mol. The fourth-order valence-electron chi connectivity index (χ4n) is 2.11. The van der Waals surface area contributed by atoms with E-state index in [9.17, 15) is 0 Å². The zero-order chi connectivity index (χ0) is 13.8. The summed E-state index contributed by atoms with van der Waals surface area (Å²) in [5.41, 5.74) is 4.46. The van der Waals surface area contributed by atoms with Gasteiger partial charge < -0.3 is 5.32 Å². The van der Waals surface area contributed by atoms with Crippen molar-refractivity contribution in [1.29, 1.82) is 0 Å². The number of aromatic nitrogens is 2. The molecule has 0 atom stereocenters. The zero-order valence-electron chi connectivity index (χ0n) is 11.7. The maximum atomic E-state index is 6.17. The van der Waals surface area contributed by atoms with Crippen LogP contribution < -0.4 is 5.32 Å². The van der Waals surface area contributed by atoms with E-state index in [1.165, 1.54) is 11.1 Å². The molecule has 2 rings (SSSR count). The van der Waals surface area contributed by atoms with E-state index in [0.29, 0.717) is 0 Å². The summed E-state index contributed by atoms with van der Waals surface area (Å²) in [7, 11) is 0. The maximum absolute atomic E-state index is 6.17. The summed E-state index contributed by atoms with van der Waals surface area (Å²) in [5, 5.41) is 8.57. The van der Waals surface area contributed by atoms with Gasteiger partial charge in [-0.25, -0.2) is 0 Å². The van der Waals surface area contributed by atoms with Crippen LogP contribution in [-0.4, -0.2) is 16.3 Å². The first-order valence-electron chi connectivity index (χ1n) is 6.60. The third kappa shape index (κ3) is 3.37. The van der Waals surface area contributed by atoms with E-state index in [2.05, 4.69) is 41.6 Å². The lowest BCUT2D eigenvalue weighted by molar-refractivity contribution is 0.657. The van der Waals surface area contributed by atoms with Crippen LogP contribution in [0.15, 0.2) is 24.3 Å². The highest BCUT2D eigenvalue weighted by Crippen LogP contribution is 2.20. The largest absolute Gasteiger partial charge is 0.313 e. The standard InChI is InChI=1S/C15H20ClN3/c1-4-17-9-13-6-5-7-14(8-13)10-19-12(3)15(16)11(2)18-19/h5-8,17H,4,9-10H2,1-3H3. The Morgan fingerprint density at radius 1 is 1.26 bits per heavy atom. The van der Waals surface area contributed by atoms with Gasteiger partial charge in [-0.2, -0.15) is 5.10 Å². The molecule has 1 heterocycles. The quantitative estimate of drug-likeness (QED) is 0.909. The van der Waals surface area contributed by atoms with Gasteiger partial charge in [0.15, 0.2) is 0 Å². The van der Waals surface area contributed by atoms with Gasteiger partial charge in [-0.3, -0.25) is 4.68 Å². The highest BCUT2D eigenvalue weighted by atomic mass is 35.5. The van der Waals surface area contributed by atoms with Crippen molar-refractivity contribution in [2.75, 3.05) is 6.54 Å². The Morgan fingerprint density at radius 3 is 2.63 bits per heavy atom. The van der Waals surface area contributed by atoms with Crippen molar-refractivity contribution < 1.29 is 0 Å². The predicted molar refractivity (Wildman–Crippen MR) is 79.6 cm³/mol. The fraction of sp³-hybridized carbons (Fsp3) is 0.400.